The molecule has 39 heavy (non-hydrogen) atoms. The third-order valence-corrected chi connectivity index (χ3v) is 8.04. The number of carbonyl (C=O) groups excluding carboxylic acids is 4. The van der Waals surface area contributed by atoms with Crippen LogP contribution in [0.25, 0.3) is 0 Å². The Morgan fingerprint density at radius 1 is 1.03 bits per heavy atom. The first kappa shape index (κ1) is 32.2. The molecule has 2 aromatic heterocycles. The molecule has 0 spiro atoms. The number of hydrogen-bond donors (Lipinski definition) is 3. The summed E-state index contributed by atoms with van der Waals surface area (Å²) in [6, 6.07) is -2.21. The summed E-state index contributed by atoms with van der Waals surface area (Å²) in [6.45, 7) is 9.69. The number of amides is 4. The van der Waals surface area contributed by atoms with Crippen molar-refractivity contribution in [2.75, 3.05) is 7.05 Å². The van der Waals surface area contributed by atoms with Gasteiger partial charge in [0.05, 0.1) is 27.6 Å². The van der Waals surface area contributed by atoms with E-state index in [1.54, 1.807) is 18.8 Å². The number of hydrogen-bond acceptors (Lipinski definition) is 9. The van der Waals surface area contributed by atoms with Crippen molar-refractivity contribution in [3.8, 4) is 0 Å². The number of alkyl carbamates (subject to hydrolysis) is 1. The Bertz CT molecular complexity index is 1070. The molecule has 0 aliphatic carbocycles. The first-order valence-electron chi connectivity index (χ1n) is 13.1. The molecule has 2 aromatic rings. The Hall–Kier alpha value is -3.06. The van der Waals surface area contributed by atoms with Gasteiger partial charge in [0.1, 0.15) is 6.61 Å². The average Bonchev–Trinajstić information content (AvgIpc) is 3.59. The van der Waals surface area contributed by atoms with E-state index in [4.69, 9.17) is 4.74 Å². The SMILES string of the molecule is CC[C@@H](CC[C@H](CC)NC(=O)[C@@H](NC(=O)N(C)Cc1csc(C(C)C)n1)C(C)=O)NC(=O)OCc1cncs1. The van der Waals surface area contributed by atoms with Crippen LogP contribution in [0.4, 0.5) is 9.59 Å². The number of nitrogens with one attached hydrogen (secondary N) is 3. The van der Waals surface area contributed by atoms with Crippen LogP contribution >= 0.6 is 22.7 Å². The second kappa shape index (κ2) is 16.1. The summed E-state index contributed by atoms with van der Waals surface area (Å²) in [7, 11) is 1.59. The summed E-state index contributed by atoms with van der Waals surface area (Å²) in [6.07, 6.45) is 3.65. The highest BCUT2D eigenvalue weighted by molar-refractivity contribution is 7.09. The molecule has 13 heteroatoms. The van der Waals surface area contributed by atoms with Crippen LogP contribution in [0.5, 0.6) is 0 Å². The van der Waals surface area contributed by atoms with Gasteiger partial charge in [0, 0.05) is 36.6 Å². The molecule has 0 aliphatic heterocycles. The maximum absolute atomic E-state index is 13.0. The smallest absolute Gasteiger partial charge is 0.407 e. The van der Waals surface area contributed by atoms with Crippen molar-refractivity contribution >= 4 is 46.5 Å². The number of nitrogens with zero attached hydrogens (tertiary/aromatic N) is 3. The maximum Gasteiger partial charge on any atom is 0.407 e. The van der Waals surface area contributed by atoms with E-state index in [0.717, 1.165) is 15.6 Å². The standard InChI is InChI=1S/C26H40N6O5S2/c1-7-18(9-10-19(8-2)30-26(36)37-13-21-11-27-15-39-21)28-23(34)22(17(5)33)31-25(35)32(6)12-20-14-38-24(29-20)16(3)4/h11,14-16,18-19,22H,7-10,12-13H2,1-6H3,(H,28,34)(H,30,36)(H,31,35)/t18-,19-,22-/m0/s1. The average molecular weight is 581 g/mol. The van der Waals surface area contributed by atoms with E-state index < -0.39 is 29.9 Å². The predicted molar refractivity (Wildman–Crippen MR) is 152 cm³/mol. The highest BCUT2D eigenvalue weighted by Crippen LogP contribution is 2.20. The predicted octanol–water partition coefficient (Wildman–Crippen LogP) is 4.20. The summed E-state index contributed by atoms with van der Waals surface area (Å²) in [5, 5.41) is 11.2. The number of Topliss-reactive ketones (excluding diaryl/α,β-unsaturated/α-hetero) is 1. The molecule has 0 saturated carbocycles. The Morgan fingerprint density at radius 2 is 1.69 bits per heavy atom. The van der Waals surface area contributed by atoms with Crippen LogP contribution in [-0.4, -0.2) is 63.9 Å². The molecule has 0 aliphatic rings. The molecule has 3 atom stereocenters. The van der Waals surface area contributed by atoms with Crippen LogP contribution in [0, 0.1) is 0 Å². The molecular formula is C26H40N6O5S2. The molecule has 0 radical (unpaired) electrons. The van der Waals surface area contributed by atoms with Crippen molar-refractivity contribution in [1.82, 2.24) is 30.8 Å². The topological polar surface area (TPSA) is 143 Å². The van der Waals surface area contributed by atoms with Gasteiger partial charge < -0.3 is 25.6 Å². The summed E-state index contributed by atoms with van der Waals surface area (Å²) in [5.41, 5.74) is 2.43. The number of thiazole rings is 2. The fraction of sp³-hybridized carbons (Fsp3) is 0.615. The fourth-order valence-electron chi connectivity index (χ4n) is 3.66. The van der Waals surface area contributed by atoms with Crippen LogP contribution in [0.3, 0.4) is 0 Å². The van der Waals surface area contributed by atoms with E-state index in [0.29, 0.717) is 31.6 Å². The van der Waals surface area contributed by atoms with Crippen molar-refractivity contribution in [3.63, 3.8) is 0 Å². The van der Waals surface area contributed by atoms with Crippen molar-refractivity contribution in [2.45, 2.75) is 97.5 Å². The highest BCUT2D eigenvalue weighted by atomic mass is 32.1. The number of urea groups is 1. The van der Waals surface area contributed by atoms with Crippen LogP contribution in [0.15, 0.2) is 17.1 Å². The van der Waals surface area contributed by atoms with Crippen molar-refractivity contribution in [3.05, 3.63) is 32.7 Å². The van der Waals surface area contributed by atoms with Crippen LogP contribution in [0.2, 0.25) is 0 Å². The molecule has 0 bridgehead atoms. The number of ether oxygens (including phenoxy) is 1. The summed E-state index contributed by atoms with van der Waals surface area (Å²) >= 11 is 2.95. The van der Waals surface area contributed by atoms with E-state index in [9.17, 15) is 19.2 Å². The van der Waals surface area contributed by atoms with Crippen LogP contribution in [-0.2, 0) is 27.5 Å². The van der Waals surface area contributed by atoms with Crippen LogP contribution < -0.4 is 16.0 Å². The lowest BCUT2D eigenvalue weighted by Crippen LogP contribution is -2.55. The summed E-state index contributed by atoms with van der Waals surface area (Å²) in [4.78, 5) is 60.9. The molecule has 4 amide bonds. The van der Waals surface area contributed by atoms with Gasteiger partial charge in [-0.3, -0.25) is 14.6 Å². The maximum atomic E-state index is 13.0. The molecule has 11 nitrogen and oxygen atoms in total. The number of aromatic nitrogens is 2. The second-order valence-electron chi connectivity index (χ2n) is 9.67. The first-order chi connectivity index (χ1) is 18.5. The van der Waals surface area contributed by atoms with E-state index in [1.807, 2.05) is 19.2 Å². The van der Waals surface area contributed by atoms with Crippen molar-refractivity contribution in [2.24, 2.45) is 0 Å². The number of carbonyl (C=O) groups is 4. The molecule has 2 rings (SSSR count). The van der Waals surface area contributed by atoms with E-state index in [-0.39, 0.29) is 25.2 Å². The van der Waals surface area contributed by atoms with Crippen molar-refractivity contribution < 1.29 is 23.9 Å². The minimum absolute atomic E-state index is 0.135. The van der Waals surface area contributed by atoms with Gasteiger partial charge in [-0.05, 0) is 32.6 Å². The molecule has 0 unspecified atom stereocenters. The zero-order valence-corrected chi connectivity index (χ0v) is 25.1. The van der Waals surface area contributed by atoms with Gasteiger partial charge >= 0.3 is 12.1 Å². The van der Waals surface area contributed by atoms with Gasteiger partial charge in [0.25, 0.3) is 5.91 Å². The molecule has 216 valence electrons. The monoisotopic (exact) mass is 580 g/mol. The molecule has 2 heterocycles. The zero-order valence-electron chi connectivity index (χ0n) is 23.5. The van der Waals surface area contributed by atoms with E-state index in [1.165, 1.54) is 34.5 Å². The van der Waals surface area contributed by atoms with Gasteiger partial charge in [0.15, 0.2) is 11.8 Å². The molecule has 0 fully saturated rings. The van der Waals surface area contributed by atoms with Gasteiger partial charge in [0.2, 0.25) is 0 Å². The molecule has 3 N–H and O–H groups in total. The third kappa shape index (κ3) is 10.9. The largest absolute Gasteiger partial charge is 0.444 e. The summed E-state index contributed by atoms with van der Waals surface area (Å²) < 4.78 is 5.25. The lowest BCUT2D eigenvalue weighted by atomic mass is 10.0. The van der Waals surface area contributed by atoms with Crippen molar-refractivity contribution in [1.29, 1.82) is 0 Å². The molecular weight excluding hydrogens is 540 g/mol. The minimum Gasteiger partial charge on any atom is -0.444 e. The van der Waals surface area contributed by atoms with Gasteiger partial charge in [-0.2, -0.15) is 0 Å². The van der Waals surface area contributed by atoms with Gasteiger partial charge in [-0.25, -0.2) is 14.6 Å². The normalized spacial score (nSPS) is 13.3. The Labute approximate surface area is 238 Å². The Morgan fingerprint density at radius 3 is 2.23 bits per heavy atom. The fourth-order valence-corrected chi connectivity index (χ4v) is 4.99. The second-order valence-corrected chi connectivity index (χ2v) is 11.5. The minimum atomic E-state index is -1.31. The Kier molecular flexibility index (Phi) is 13.3. The quantitative estimate of drug-likeness (QED) is 0.268. The van der Waals surface area contributed by atoms with Gasteiger partial charge in [-0.15, -0.1) is 22.7 Å². The van der Waals surface area contributed by atoms with E-state index in [2.05, 4.69) is 39.8 Å². The van der Waals surface area contributed by atoms with E-state index >= 15 is 0 Å². The number of rotatable bonds is 15. The Balaban J connectivity index is 1.85. The molecule has 0 aromatic carbocycles. The lowest BCUT2D eigenvalue weighted by Gasteiger charge is -2.25. The first-order valence-corrected chi connectivity index (χ1v) is 14.9. The molecule has 0 saturated heterocycles. The van der Waals surface area contributed by atoms with Crippen LogP contribution in [0.1, 0.15) is 81.8 Å². The van der Waals surface area contributed by atoms with Gasteiger partial charge in [-0.1, -0.05) is 27.7 Å². The third-order valence-electron chi connectivity index (χ3n) is 6.09. The lowest BCUT2D eigenvalue weighted by molar-refractivity contribution is -0.130. The summed E-state index contributed by atoms with van der Waals surface area (Å²) in [5.74, 6) is -0.722. The number of ketones is 1. The highest BCUT2D eigenvalue weighted by Gasteiger charge is 2.28. The zero-order chi connectivity index (χ0) is 28.9.